The number of allylic oxidation sites excluding steroid dienone is 4. The fraction of sp³-hybridized carbons (Fsp3) is 0.733. The van der Waals surface area contributed by atoms with Gasteiger partial charge in [-0.1, -0.05) is 37.6 Å². The molecular weight excluding hydrogens is 180 g/mol. The Morgan fingerprint density at radius 2 is 2.13 bits per heavy atom. The smallest absolute Gasteiger partial charge is 0.00473 e. The summed E-state index contributed by atoms with van der Waals surface area (Å²) in [5, 5.41) is 0. The van der Waals surface area contributed by atoms with E-state index in [1.165, 1.54) is 38.5 Å². The Bertz CT molecular complexity index is 299. The highest BCUT2D eigenvalue weighted by atomic mass is 14.5. The average Bonchev–Trinajstić information content (AvgIpc) is 2.67. The lowest BCUT2D eigenvalue weighted by Crippen LogP contribution is -2.36. The molecule has 0 aromatic carbocycles. The third kappa shape index (κ3) is 1.49. The Balaban J connectivity index is 1.93. The van der Waals surface area contributed by atoms with E-state index in [0.29, 0.717) is 5.41 Å². The molecule has 1 saturated carbocycles. The molecule has 0 amide bonds. The van der Waals surface area contributed by atoms with Gasteiger partial charge in [0, 0.05) is 0 Å². The Kier molecular flexibility index (Phi) is 2.26. The molecule has 0 N–H and O–H groups in total. The number of hydrogen-bond acceptors (Lipinski definition) is 0. The van der Waals surface area contributed by atoms with Crippen LogP contribution in [-0.4, -0.2) is 0 Å². The molecule has 3 rings (SSSR count). The molecule has 0 saturated heterocycles. The summed E-state index contributed by atoms with van der Waals surface area (Å²) in [7, 11) is 0. The monoisotopic (exact) mass is 202 g/mol. The van der Waals surface area contributed by atoms with Crippen molar-refractivity contribution in [3.05, 3.63) is 24.3 Å². The second-order valence-electron chi connectivity index (χ2n) is 6.01. The first-order chi connectivity index (χ1) is 7.30. The molecule has 0 aliphatic heterocycles. The SMILES string of the molecule is C[C@H]1CC=C[C@@]2(CC=C[C@@H]3CCC[C@H]32)C1. The summed E-state index contributed by atoms with van der Waals surface area (Å²) in [6.07, 6.45) is 18.5. The van der Waals surface area contributed by atoms with E-state index in [2.05, 4.69) is 31.2 Å². The van der Waals surface area contributed by atoms with Crippen molar-refractivity contribution in [2.45, 2.75) is 45.4 Å². The molecule has 0 heterocycles. The third-order valence-corrected chi connectivity index (χ3v) is 4.91. The predicted molar refractivity (Wildman–Crippen MR) is 64.6 cm³/mol. The van der Waals surface area contributed by atoms with Crippen molar-refractivity contribution < 1.29 is 0 Å². The normalized spacial score (nSPS) is 48.5. The molecule has 3 aliphatic rings. The van der Waals surface area contributed by atoms with Crippen molar-refractivity contribution in [3.8, 4) is 0 Å². The van der Waals surface area contributed by atoms with Crippen LogP contribution < -0.4 is 0 Å². The van der Waals surface area contributed by atoms with E-state index >= 15 is 0 Å². The fourth-order valence-corrected chi connectivity index (χ4v) is 4.31. The molecular formula is C15H22. The van der Waals surface area contributed by atoms with Gasteiger partial charge < -0.3 is 0 Å². The van der Waals surface area contributed by atoms with Gasteiger partial charge in [0.05, 0.1) is 0 Å². The summed E-state index contributed by atoms with van der Waals surface area (Å²) in [5.74, 6) is 2.79. The van der Waals surface area contributed by atoms with Crippen LogP contribution in [0.15, 0.2) is 24.3 Å². The van der Waals surface area contributed by atoms with Crippen molar-refractivity contribution in [2.75, 3.05) is 0 Å². The Labute approximate surface area is 93.5 Å². The summed E-state index contributed by atoms with van der Waals surface area (Å²) in [6.45, 7) is 2.42. The van der Waals surface area contributed by atoms with Crippen LogP contribution in [0, 0.1) is 23.2 Å². The maximum Gasteiger partial charge on any atom is -0.00473 e. The van der Waals surface area contributed by atoms with Crippen LogP contribution in [0.5, 0.6) is 0 Å². The molecule has 0 bridgehead atoms. The van der Waals surface area contributed by atoms with Gasteiger partial charge in [0.15, 0.2) is 0 Å². The molecule has 15 heavy (non-hydrogen) atoms. The maximum atomic E-state index is 2.58. The molecule has 0 unspecified atom stereocenters. The van der Waals surface area contributed by atoms with E-state index in [1.54, 1.807) is 0 Å². The Morgan fingerprint density at radius 3 is 3.00 bits per heavy atom. The second kappa shape index (κ2) is 3.50. The van der Waals surface area contributed by atoms with Gasteiger partial charge in [-0.05, 0) is 55.3 Å². The molecule has 1 spiro atoms. The summed E-state index contributed by atoms with van der Waals surface area (Å²) < 4.78 is 0. The predicted octanol–water partition coefficient (Wildman–Crippen LogP) is 4.34. The van der Waals surface area contributed by atoms with Crippen LogP contribution in [0.2, 0.25) is 0 Å². The third-order valence-electron chi connectivity index (χ3n) is 4.91. The zero-order chi connectivity index (χ0) is 10.3. The molecule has 0 aromatic rings. The minimum Gasteiger partial charge on any atom is -0.0877 e. The maximum absolute atomic E-state index is 2.58. The van der Waals surface area contributed by atoms with Crippen LogP contribution in [0.4, 0.5) is 0 Å². The van der Waals surface area contributed by atoms with Gasteiger partial charge in [-0.3, -0.25) is 0 Å². The molecule has 0 heteroatoms. The van der Waals surface area contributed by atoms with Gasteiger partial charge >= 0.3 is 0 Å². The summed E-state index contributed by atoms with van der Waals surface area (Å²) in [5.41, 5.74) is 0.563. The summed E-state index contributed by atoms with van der Waals surface area (Å²) in [4.78, 5) is 0. The summed E-state index contributed by atoms with van der Waals surface area (Å²) >= 11 is 0. The molecule has 0 radical (unpaired) electrons. The Hall–Kier alpha value is -0.520. The van der Waals surface area contributed by atoms with Gasteiger partial charge in [-0.25, -0.2) is 0 Å². The van der Waals surface area contributed by atoms with Gasteiger partial charge in [-0.2, -0.15) is 0 Å². The Morgan fingerprint density at radius 1 is 1.20 bits per heavy atom. The van der Waals surface area contributed by atoms with Gasteiger partial charge in [0.25, 0.3) is 0 Å². The highest BCUT2D eigenvalue weighted by molar-refractivity contribution is 5.18. The van der Waals surface area contributed by atoms with Gasteiger partial charge in [0.2, 0.25) is 0 Å². The largest absolute Gasteiger partial charge is 0.0877 e. The fourth-order valence-electron chi connectivity index (χ4n) is 4.31. The van der Waals surface area contributed by atoms with Crippen LogP contribution in [0.3, 0.4) is 0 Å². The topological polar surface area (TPSA) is 0 Å². The first kappa shape index (κ1) is 9.69. The van der Waals surface area contributed by atoms with E-state index in [9.17, 15) is 0 Å². The van der Waals surface area contributed by atoms with Crippen LogP contribution in [-0.2, 0) is 0 Å². The van der Waals surface area contributed by atoms with Crippen molar-refractivity contribution in [3.63, 3.8) is 0 Å². The molecule has 82 valence electrons. The minimum atomic E-state index is 0.563. The van der Waals surface area contributed by atoms with E-state index in [0.717, 1.165) is 17.8 Å². The lowest BCUT2D eigenvalue weighted by atomic mass is 9.60. The van der Waals surface area contributed by atoms with Crippen molar-refractivity contribution in [1.29, 1.82) is 0 Å². The lowest BCUT2D eigenvalue weighted by Gasteiger charge is -2.45. The molecule has 0 aromatic heterocycles. The zero-order valence-corrected chi connectivity index (χ0v) is 9.78. The number of fused-ring (bicyclic) bond motifs is 2. The molecule has 3 aliphatic carbocycles. The molecule has 0 nitrogen and oxygen atoms in total. The lowest BCUT2D eigenvalue weighted by molar-refractivity contribution is 0.140. The molecule has 1 fully saturated rings. The minimum absolute atomic E-state index is 0.563. The first-order valence-corrected chi connectivity index (χ1v) is 6.64. The van der Waals surface area contributed by atoms with Crippen molar-refractivity contribution in [2.24, 2.45) is 23.2 Å². The first-order valence-electron chi connectivity index (χ1n) is 6.64. The van der Waals surface area contributed by atoms with Crippen LogP contribution in [0.25, 0.3) is 0 Å². The second-order valence-corrected chi connectivity index (χ2v) is 6.01. The quantitative estimate of drug-likeness (QED) is 0.513. The van der Waals surface area contributed by atoms with Crippen molar-refractivity contribution >= 4 is 0 Å². The van der Waals surface area contributed by atoms with E-state index in [4.69, 9.17) is 0 Å². The van der Waals surface area contributed by atoms with E-state index < -0.39 is 0 Å². The van der Waals surface area contributed by atoms with Gasteiger partial charge in [-0.15, -0.1) is 0 Å². The number of hydrogen-bond donors (Lipinski definition) is 0. The van der Waals surface area contributed by atoms with Crippen LogP contribution >= 0.6 is 0 Å². The average molecular weight is 202 g/mol. The number of rotatable bonds is 0. The highest BCUT2D eigenvalue weighted by Crippen LogP contribution is 2.54. The summed E-state index contributed by atoms with van der Waals surface area (Å²) in [6, 6.07) is 0. The van der Waals surface area contributed by atoms with Gasteiger partial charge in [0.1, 0.15) is 0 Å². The van der Waals surface area contributed by atoms with Crippen molar-refractivity contribution in [1.82, 2.24) is 0 Å². The molecule has 4 atom stereocenters. The zero-order valence-electron chi connectivity index (χ0n) is 9.78. The highest BCUT2D eigenvalue weighted by Gasteiger charge is 2.45. The van der Waals surface area contributed by atoms with E-state index in [1.807, 2.05) is 0 Å². The van der Waals surface area contributed by atoms with E-state index in [-0.39, 0.29) is 0 Å². The standard InChI is InChI=1S/C15H22/c1-12-5-3-9-15(11-12)10-4-7-13-6-2-8-14(13)15/h3-4,7,9,12-14H,2,5-6,8,10-11H2,1H3/t12-,13-,14+,15+/m0/s1. The van der Waals surface area contributed by atoms with Crippen LogP contribution in [0.1, 0.15) is 45.4 Å².